The lowest BCUT2D eigenvalue weighted by Gasteiger charge is -2.13. The first-order chi connectivity index (χ1) is 9.24. The zero-order chi connectivity index (χ0) is 14.3. The monoisotopic (exact) mass is 272 g/mol. The fourth-order valence-corrected chi connectivity index (χ4v) is 2.08. The minimum absolute atomic E-state index is 0.128. The summed E-state index contributed by atoms with van der Waals surface area (Å²) in [6, 6.07) is 0. The average Bonchev–Trinajstić information content (AvgIpc) is 2.43. The average molecular weight is 272 g/mol. The largest absolute Gasteiger partial charge is 0.436 e. The molecule has 0 saturated heterocycles. The van der Waals surface area contributed by atoms with Gasteiger partial charge in [-0.2, -0.15) is 0 Å². The van der Waals surface area contributed by atoms with E-state index in [1.54, 1.807) is 7.11 Å². The Morgan fingerprint density at radius 3 is 1.89 bits per heavy atom. The van der Waals surface area contributed by atoms with Crippen LogP contribution in [0.5, 0.6) is 0 Å². The molecule has 1 unspecified atom stereocenters. The number of hydrogen-bond donors (Lipinski definition) is 0. The highest BCUT2D eigenvalue weighted by molar-refractivity contribution is 5.69. The van der Waals surface area contributed by atoms with Gasteiger partial charge in [0.05, 0.1) is 0 Å². The Kier molecular flexibility index (Phi) is 13.4. The van der Waals surface area contributed by atoms with Gasteiger partial charge in [-0.05, 0) is 6.42 Å². The van der Waals surface area contributed by atoms with Crippen molar-refractivity contribution in [2.75, 3.05) is 7.11 Å². The first-order valence-electron chi connectivity index (χ1n) is 7.96. The number of hydrogen-bond acceptors (Lipinski definition) is 3. The lowest BCUT2D eigenvalue weighted by molar-refractivity contribution is -0.173. The van der Waals surface area contributed by atoms with Gasteiger partial charge < -0.3 is 9.47 Å². The Hall–Kier alpha value is -0.570. The number of rotatable bonds is 13. The van der Waals surface area contributed by atoms with E-state index in [2.05, 4.69) is 6.92 Å². The molecule has 114 valence electrons. The van der Waals surface area contributed by atoms with Crippen molar-refractivity contribution in [1.82, 2.24) is 0 Å². The van der Waals surface area contributed by atoms with Gasteiger partial charge in [-0.15, -0.1) is 0 Å². The van der Waals surface area contributed by atoms with Crippen LogP contribution >= 0.6 is 0 Å². The van der Waals surface area contributed by atoms with Gasteiger partial charge in [0, 0.05) is 20.0 Å². The fourth-order valence-electron chi connectivity index (χ4n) is 2.08. The Bertz CT molecular complexity index is 200. The molecule has 0 N–H and O–H groups in total. The highest BCUT2D eigenvalue weighted by Crippen LogP contribution is 2.11. The highest BCUT2D eigenvalue weighted by Gasteiger charge is 2.10. The van der Waals surface area contributed by atoms with E-state index in [4.69, 9.17) is 9.47 Å². The summed E-state index contributed by atoms with van der Waals surface area (Å²) < 4.78 is 10.2. The van der Waals surface area contributed by atoms with Crippen molar-refractivity contribution < 1.29 is 14.3 Å². The van der Waals surface area contributed by atoms with Gasteiger partial charge in [-0.3, -0.25) is 4.79 Å². The van der Waals surface area contributed by atoms with Crippen LogP contribution in [0, 0.1) is 0 Å². The Morgan fingerprint density at radius 1 is 0.895 bits per heavy atom. The van der Waals surface area contributed by atoms with Crippen molar-refractivity contribution in [2.45, 2.75) is 90.8 Å². The highest BCUT2D eigenvalue weighted by atomic mass is 16.7. The minimum atomic E-state index is -0.369. The third kappa shape index (κ3) is 12.2. The van der Waals surface area contributed by atoms with Crippen LogP contribution in [0.3, 0.4) is 0 Å². The third-order valence-corrected chi connectivity index (χ3v) is 3.34. The maximum absolute atomic E-state index is 11.5. The SMILES string of the molecule is CCCCCCCCCCCC(=O)OC(CC)OC. The molecule has 1 atom stereocenters. The van der Waals surface area contributed by atoms with E-state index >= 15 is 0 Å². The molecule has 0 aromatic heterocycles. The van der Waals surface area contributed by atoms with E-state index in [9.17, 15) is 4.79 Å². The molecule has 0 fully saturated rings. The summed E-state index contributed by atoms with van der Waals surface area (Å²) in [6.45, 7) is 4.19. The second-order valence-corrected chi connectivity index (χ2v) is 5.14. The van der Waals surface area contributed by atoms with Crippen LogP contribution in [0.1, 0.15) is 84.5 Å². The second-order valence-electron chi connectivity index (χ2n) is 5.14. The summed E-state index contributed by atoms with van der Waals surface area (Å²) in [5, 5.41) is 0. The molecular weight excluding hydrogens is 240 g/mol. The van der Waals surface area contributed by atoms with Gasteiger partial charge in [0.2, 0.25) is 6.29 Å². The maximum Gasteiger partial charge on any atom is 0.308 e. The topological polar surface area (TPSA) is 35.5 Å². The predicted molar refractivity (Wildman–Crippen MR) is 79.0 cm³/mol. The molecule has 0 spiro atoms. The van der Waals surface area contributed by atoms with Gasteiger partial charge in [-0.1, -0.05) is 65.2 Å². The summed E-state index contributed by atoms with van der Waals surface area (Å²) in [5.41, 5.74) is 0. The van der Waals surface area contributed by atoms with Crippen LogP contribution in [0.25, 0.3) is 0 Å². The number of carbonyl (C=O) groups is 1. The van der Waals surface area contributed by atoms with Crippen molar-refractivity contribution in [1.29, 1.82) is 0 Å². The van der Waals surface area contributed by atoms with Crippen molar-refractivity contribution in [3.63, 3.8) is 0 Å². The number of unbranched alkanes of at least 4 members (excludes halogenated alkanes) is 8. The Balaban J connectivity index is 3.27. The van der Waals surface area contributed by atoms with Crippen molar-refractivity contribution in [3.05, 3.63) is 0 Å². The summed E-state index contributed by atoms with van der Waals surface area (Å²) in [6.07, 6.45) is 12.2. The summed E-state index contributed by atoms with van der Waals surface area (Å²) >= 11 is 0. The van der Waals surface area contributed by atoms with Gasteiger partial charge >= 0.3 is 5.97 Å². The zero-order valence-corrected chi connectivity index (χ0v) is 13.1. The lowest BCUT2D eigenvalue weighted by atomic mass is 10.1. The molecule has 0 rings (SSSR count). The van der Waals surface area contributed by atoms with E-state index < -0.39 is 0 Å². The van der Waals surface area contributed by atoms with Crippen LogP contribution in [0.4, 0.5) is 0 Å². The Morgan fingerprint density at radius 2 is 1.42 bits per heavy atom. The molecule has 0 radical (unpaired) electrons. The molecule has 0 aromatic carbocycles. The standard InChI is InChI=1S/C16H32O3/c1-4-6-7-8-9-10-11-12-13-14-15(17)19-16(5-2)18-3/h16H,4-14H2,1-3H3. The lowest BCUT2D eigenvalue weighted by Crippen LogP contribution is -2.18. The number of esters is 1. The van der Waals surface area contributed by atoms with Crippen LogP contribution < -0.4 is 0 Å². The van der Waals surface area contributed by atoms with Gasteiger partial charge in [0.25, 0.3) is 0 Å². The second kappa shape index (κ2) is 13.9. The van der Waals surface area contributed by atoms with Gasteiger partial charge in [0.15, 0.2) is 0 Å². The van der Waals surface area contributed by atoms with E-state index in [0.29, 0.717) is 12.8 Å². The predicted octanol–water partition coefficient (Wildman–Crippen LogP) is 4.83. The molecule has 0 heterocycles. The molecule has 0 amide bonds. The fraction of sp³-hybridized carbons (Fsp3) is 0.938. The summed E-state index contributed by atoms with van der Waals surface area (Å²) in [5.74, 6) is -0.128. The van der Waals surface area contributed by atoms with Crippen molar-refractivity contribution >= 4 is 5.97 Å². The quantitative estimate of drug-likeness (QED) is 0.273. The molecule has 0 aromatic rings. The van der Waals surface area contributed by atoms with Crippen molar-refractivity contribution in [3.8, 4) is 0 Å². The molecule has 0 aliphatic carbocycles. The van der Waals surface area contributed by atoms with Crippen LogP contribution in [-0.4, -0.2) is 19.4 Å². The zero-order valence-electron chi connectivity index (χ0n) is 13.1. The molecule has 0 bridgehead atoms. The minimum Gasteiger partial charge on any atom is -0.436 e. The third-order valence-electron chi connectivity index (χ3n) is 3.34. The van der Waals surface area contributed by atoms with Crippen LogP contribution in [0.2, 0.25) is 0 Å². The first-order valence-corrected chi connectivity index (χ1v) is 7.96. The number of methoxy groups -OCH3 is 1. The number of ether oxygens (including phenoxy) is 2. The number of carbonyl (C=O) groups excluding carboxylic acids is 1. The Labute approximate surface area is 119 Å². The normalized spacial score (nSPS) is 12.4. The van der Waals surface area contributed by atoms with E-state index in [-0.39, 0.29) is 12.3 Å². The van der Waals surface area contributed by atoms with Crippen LogP contribution in [-0.2, 0) is 14.3 Å². The molecule has 3 nitrogen and oxygen atoms in total. The van der Waals surface area contributed by atoms with Crippen molar-refractivity contribution in [2.24, 2.45) is 0 Å². The van der Waals surface area contributed by atoms with Gasteiger partial charge in [-0.25, -0.2) is 0 Å². The van der Waals surface area contributed by atoms with Gasteiger partial charge in [0.1, 0.15) is 0 Å². The first kappa shape index (κ1) is 18.4. The van der Waals surface area contributed by atoms with E-state index in [1.165, 1.54) is 44.9 Å². The maximum atomic E-state index is 11.5. The molecule has 0 aliphatic rings. The van der Waals surface area contributed by atoms with E-state index in [0.717, 1.165) is 12.8 Å². The summed E-state index contributed by atoms with van der Waals surface area (Å²) in [4.78, 5) is 11.5. The van der Waals surface area contributed by atoms with E-state index in [1.807, 2.05) is 6.92 Å². The molecule has 3 heteroatoms. The molecule has 0 saturated carbocycles. The summed E-state index contributed by atoms with van der Waals surface area (Å²) in [7, 11) is 1.57. The molecule has 19 heavy (non-hydrogen) atoms. The van der Waals surface area contributed by atoms with Crippen LogP contribution in [0.15, 0.2) is 0 Å². The molecular formula is C16H32O3. The molecule has 0 aliphatic heterocycles. The smallest absolute Gasteiger partial charge is 0.308 e.